The van der Waals surface area contributed by atoms with Gasteiger partial charge < -0.3 is 10.0 Å². The van der Waals surface area contributed by atoms with Gasteiger partial charge in [0.2, 0.25) is 0 Å². The van der Waals surface area contributed by atoms with Gasteiger partial charge in [-0.25, -0.2) is 0 Å². The zero-order valence-electron chi connectivity index (χ0n) is 9.14. The van der Waals surface area contributed by atoms with Crippen molar-refractivity contribution in [3.8, 4) is 0 Å². The summed E-state index contributed by atoms with van der Waals surface area (Å²) < 4.78 is 0. The predicted octanol–water partition coefficient (Wildman–Crippen LogP) is 2.40. The highest BCUT2D eigenvalue weighted by atomic mass is 79.9. The summed E-state index contributed by atoms with van der Waals surface area (Å²) in [6.45, 7) is 5.31. The third-order valence-electron chi connectivity index (χ3n) is 3.04. The molecule has 3 heteroatoms. The van der Waals surface area contributed by atoms with Crippen molar-refractivity contribution in [1.29, 1.82) is 0 Å². The minimum absolute atomic E-state index is 0.396. The van der Waals surface area contributed by atoms with Crippen LogP contribution in [0.15, 0.2) is 0 Å². The van der Waals surface area contributed by atoms with Gasteiger partial charge in [0.15, 0.2) is 0 Å². The Bertz CT molecular complexity index is 151. The highest BCUT2D eigenvalue weighted by Crippen LogP contribution is 2.21. The molecule has 1 N–H and O–H groups in total. The second-order valence-corrected chi connectivity index (χ2v) is 5.38. The molecule has 1 saturated heterocycles. The quantitative estimate of drug-likeness (QED) is 0.609. The minimum Gasteiger partial charge on any atom is -0.390 e. The number of nitrogens with zero attached hydrogens (tertiary/aromatic N) is 1. The molecule has 1 rings (SSSR count). The molecule has 0 spiro atoms. The topological polar surface area (TPSA) is 23.5 Å². The summed E-state index contributed by atoms with van der Waals surface area (Å²) in [5.41, 5.74) is -0.396. The molecule has 0 aromatic heterocycles. The Morgan fingerprint density at radius 3 is 2.43 bits per heavy atom. The van der Waals surface area contributed by atoms with Gasteiger partial charge in [-0.2, -0.15) is 0 Å². The Hall–Kier alpha value is 0.400. The number of aliphatic hydroxyl groups is 1. The van der Waals surface area contributed by atoms with Gasteiger partial charge in [-0.15, -0.1) is 0 Å². The van der Waals surface area contributed by atoms with Crippen LogP contribution in [-0.2, 0) is 0 Å². The molecule has 1 aliphatic rings. The molecular formula is C11H22BrNO. The molecule has 0 aliphatic carbocycles. The molecule has 0 amide bonds. The van der Waals surface area contributed by atoms with E-state index in [0.29, 0.717) is 0 Å². The highest BCUT2D eigenvalue weighted by molar-refractivity contribution is 9.09. The molecule has 0 aromatic rings. The largest absolute Gasteiger partial charge is 0.390 e. The molecule has 1 aliphatic heterocycles. The average molecular weight is 264 g/mol. The Morgan fingerprint density at radius 2 is 1.86 bits per heavy atom. The molecule has 0 saturated carbocycles. The molecule has 0 radical (unpaired) electrons. The number of rotatable bonds is 5. The summed E-state index contributed by atoms with van der Waals surface area (Å²) in [6, 6.07) is 0. The van der Waals surface area contributed by atoms with Gasteiger partial charge in [0.25, 0.3) is 0 Å². The van der Waals surface area contributed by atoms with E-state index < -0.39 is 5.60 Å². The smallest absolute Gasteiger partial charge is 0.0644 e. The summed E-state index contributed by atoms with van der Waals surface area (Å²) >= 11 is 3.44. The summed E-state index contributed by atoms with van der Waals surface area (Å²) in [5, 5.41) is 10.9. The Morgan fingerprint density at radius 1 is 1.21 bits per heavy atom. The van der Waals surface area contributed by atoms with Crippen LogP contribution in [0.25, 0.3) is 0 Å². The van der Waals surface area contributed by atoms with Crippen LogP contribution in [0.5, 0.6) is 0 Å². The zero-order valence-corrected chi connectivity index (χ0v) is 10.7. The molecule has 0 aromatic carbocycles. The lowest BCUT2D eigenvalue weighted by atomic mass is 9.94. The molecule has 1 heterocycles. The van der Waals surface area contributed by atoms with Crippen LogP contribution < -0.4 is 0 Å². The SMILES string of the molecule is CC1(O)CCN(CCCCCBr)CC1. The Balaban J connectivity index is 2.04. The maximum Gasteiger partial charge on any atom is 0.0644 e. The highest BCUT2D eigenvalue weighted by Gasteiger charge is 2.26. The van der Waals surface area contributed by atoms with Crippen LogP contribution >= 0.6 is 15.9 Å². The molecule has 14 heavy (non-hydrogen) atoms. The first kappa shape index (κ1) is 12.5. The number of piperidine rings is 1. The molecule has 1 fully saturated rings. The number of halogens is 1. The van der Waals surface area contributed by atoms with E-state index in [4.69, 9.17) is 0 Å². The standard InChI is InChI=1S/C11H22BrNO/c1-11(14)5-9-13(10-6-11)8-4-2-3-7-12/h14H,2-10H2,1H3. The van der Waals surface area contributed by atoms with Gasteiger partial charge in [-0.3, -0.25) is 0 Å². The number of unbranched alkanes of at least 4 members (excludes halogenated alkanes) is 2. The van der Waals surface area contributed by atoms with Crippen LogP contribution in [0, 0.1) is 0 Å². The summed E-state index contributed by atoms with van der Waals surface area (Å²) in [5.74, 6) is 0. The number of hydrogen-bond donors (Lipinski definition) is 1. The van der Waals surface area contributed by atoms with Gasteiger partial charge >= 0.3 is 0 Å². The van der Waals surface area contributed by atoms with Gasteiger partial charge in [0, 0.05) is 18.4 Å². The Labute approximate surface area is 95.8 Å². The van der Waals surface area contributed by atoms with Crippen molar-refractivity contribution in [2.45, 2.75) is 44.6 Å². The van der Waals surface area contributed by atoms with Crippen LogP contribution in [-0.4, -0.2) is 40.6 Å². The first-order valence-corrected chi connectivity index (χ1v) is 6.77. The molecule has 2 nitrogen and oxygen atoms in total. The van der Waals surface area contributed by atoms with E-state index in [9.17, 15) is 5.11 Å². The van der Waals surface area contributed by atoms with E-state index in [1.807, 2.05) is 6.92 Å². The lowest BCUT2D eigenvalue weighted by molar-refractivity contribution is -0.00551. The number of alkyl halides is 1. The lowest BCUT2D eigenvalue weighted by Gasteiger charge is -2.35. The summed E-state index contributed by atoms with van der Waals surface area (Å²) in [4.78, 5) is 2.48. The van der Waals surface area contributed by atoms with Gasteiger partial charge in [-0.1, -0.05) is 22.4 Å². The van der Waals surface area contributed by atoms with Gasteiger partial charge in [0.05, 0.1) is 5.60 Å². The summed E-state index contributed by atoms with van der Waals surface area (Å²) in [6.07, 6.45) is 5.77. The van der Waals surface area contributed by atoms with Crippen molar-refractivity contribution >= 4 is 15.9 Å². The predicted molar refractivity (Wildman–Crippen MR) is 63.9 cm³/mol. The van der Waals surface area contributed by atoms with E-state index in [2.05, 4.69) is 20.8 Å². The van der Waals surface area contributed by atoms with Gasteiger partial charge in [0.1, 0.15) is 0 Å². The van der Waals surface area contributed by atoms with Crippen LogP contribution in [0.3, 0.4) is 0 Å². The maximum atomic E-state index is 9.77. The maximum absolute atomic E-state index is 9.77. The van der Waals surface area contributed by atoms with Crippen LogP contribution in [0.2, 0.25) is 0 Å². The van der Waals surface area contributed by atoms with Crippen molar-refractivity contribution in [1.82, 2.24) is 4.90 Å². The Kier molecular flexibility index (Phi) is 5.42. The van der Waals surface area contributed by atoms with Crippen LogP contribution in [0.1, 0.15) is 39.0 Å². The monoisotopic (exact) mass is 263 g/mol. The number of likely N-dealkylation sites (tertiary alicyclic amines) is 1. The second-order valence-electron chi connectivity index (χ2n) is 4.59. The summed E-state index contributed by atoms with van der Waals surface area (Å²) in [7, 11) is 0. The first-order chi connectivity index (χ1) is 6.64. The van der Waals surface area contributed by atoms with Crippen molar-refractivity contribution in [3.05, 3.63) is 0 Å². The fourth-order valence-corrected chi connectivity index (χ4v) is 2.26. The average Bonchev–Trinajstić information content (AvgIpc) is 2.15. The lowest BCUT2D eigenvalue weighted by Crippen LogP contribution is -2.42. The molecule has 0 unspecified atom stereocenters. The fourth-order valence-electron chi connectivity index (χ4n) is 1.87. The van der Waals surface area contributed by atoms with Crippen LogP contribution in [0.4, 0.5) is 0 Å². The van der Waals surface area contributed by atoms with Gasteiger partial charge in [-0.05, 0) is 39.2 Å². The van der Waals surface area contributed by atoms with E-state index in [0.717, 1.165) is 31.3 Å². The van der Waals surface area contributed by atoms with Crippen molar-refractivity contribution in [2.24, 2.45) is 0 Å². The second kappa shape index (κ2) is 6.09. The van der Waals surface area contributed by atoms with Crippen molar-refractivity contribution in [2.75, 3.05) is 25.0 Å². The van der Waals surface area contributed by atoms with E-state index >= 15 is 0 Å². The molecular weight excluding hydrogens is 242 g/mol. The normalized spacial score (nSPS) is 22.5. The van der Waals surface area contributed by atoms with E-state index in [1.54, 1.807) is 0 Å². The third-order valence-corrected chi connectivity index (χ3v) is 3.60. The fraction of sp³-hybridized carbons (Fsp3) is 1.00. The van der Waals surface area contributed by atoms with Crippen molar-refractivity contribution in [3.63, 3.8) is 0 Å². The molecule has 84 valence electrons. The molecule has 0 atom stereocenters. The van der Waals surface area contributed by atoms with Crippen molar-refractivity contribution < 1.29 is 5.11 Å². The number of hydrogen-bond acceptors (Lipinski definition) is 2. The van der Waals surface area contributed by atoms with E-state index in [-0.39, 0.29) is 0 Å². The third kappa shape index (κ3) is 4.76. The van der Waals surface area contributed by atoms with E-state index in [1.165, 1.54) is 25.8 Å². The first-order valence-electron chi connectivity index (χ1n) is 5.65. The zero-order chi connectivity index (χ0) is 10.4. The molecule has 0 bridgehead atoms. The minimum atomic E-state index is -0.396.